The van der Waals surface area contributed by atoms with Crippen LogP contribution in [-0.2, 0) is 4.79 Å². The first-order chi connectivity index (χ1) is 7.88. The third-order valence-corrected chi connectivity index (χ3v) is 3.20. The Morgan fingerprint density at radius 3 is 2.35 bits per heavy atom. The molecule has 0 bridgehead atoms. The lowest BCUT2D eigenvalue weighted by Gasteiger charge is -2.12. The summed E-state index contributed by atoms with van der Waals surface area (Å²) < 4.78 is 5.49. The minimum Gasteiger partial charge on any atom is -0.496 e. The molecule has 1 aromatic carbocycles. The van der Waals surface area contributed by atoms with Crippen molar-refractivity contribution in [2.45, 2.75) is 19.8 Å². The van der Waals surface area contributed by atoms with Crippen molar-refractivity contribution < 1.29 is 19.4 Å². The Morgan fingerprint density at radius 1 is 1.35 bits per heavy atom. The topological polar surface area (TPSA) is 63.6 Å². The number of methoxy groups -OCH3 is 1. The van der Waals surface area contributed by atoms with Crippen molar-refractivity contribution in [3.8, 4) is 5.75 Å². The van der Waals surface area contributed by atoms with Crippen molar-refractivity contribution in [3.63, 3.8) is 0 Å². The van der Waals surface area contributed by atoms with Crippen LogP contribution in [-0.4, -0.2) is 24.0 Å². The van der Waals surface area contributed by atoms with Crippen molar-refractivity contribution in [2.24, 2.45) is 0 Å². The molecule has 0 saturated carbocycles. The number of ether oxygens (including phenoxy) is 1. The van der Waals surface area contributed by atoms with Gasteiger partial charge < -0.3 is 9.84 Å². The summed E-state index contributed by atoms with van der Waals surface area (Å²) in [5, 5.41) is 8.74. The van der Waals surface area contributed by atoms with Gasteiger partial charge in [-0.2, -0.15) is 0 Å². The van der Waals surface area contributed by atoms with Crippen LogP contribution >= 0.6 is 15.9 Å². The molecule has 1 rings (SSSR count). The minimum absolute atomic E-state index is 0.112. The summed E-state index contributed by atoms with van der Waals surface area (Å²) in [7, 11) is 1.47. The molecule has 17 heavy (non-hydrogen) atoms. The molecule has 0 heterocycles. The highest BCUT2D eigenvalue weighted by molar-refractivity contribution is 9.10. The number of carbonyl (C=O) groups is 2. The van der Waals surface area contributed by atoms with Crippen LogP contribution in [0.4, 0.5) is 0 Å². The van der Waals surface area contributed by atoms with Gasteiger partial charge >= 0.3 is 5.97 Å². The Morgan fingerprint density at radius 2 is 1.94 bits per heavy atom. The van der Waals surface area contributed by atoms with E-state index in [1.807, 2.05) is 13.8 Å². The fourth-order valence-corrected chi connectivity index (χ4v) is 1.95. The van der Waals surface area contributed by atoms with Gasteiger partial charge in [0.25, 0.3) is 5.78 Å². The summed E-state index contributed by atoms with van der Waals surface area (Å²) in [5.41, 5.74) is 0.968. The quantitative estimate of drug-likeness (QED) is 0.686. The number of rotatable bonds is 4. The van der Waals surface area contributed by atoms with Crippen molar-refractivity contribution in [3.05, 3.63) is 27.7 Å². The number of ketones is 1. The average molecular weight is 301 g/mol. The molecule has 0 amide bonds. The van der Waals surface area contributed by atoms with E-state index in [-0.39, 0.29) is 11.5 Å². The zero-order valence-electron chi connectivity index (χ0n) is 9.78. The van der Waals surface area contributed by atoms with E-state index >= 15 is 0 Å². The lowest BCUT2D eigenvalue weighted by Crippen LogP contribution is -2.14. The van der Waals surface area contributed by atoms with Crippen molar-refractivity contribution >= 4 is 27.7 Å². The van der Waals surface area contributed by atoms with Crippen molar-refractivity contribution in [1.29, 1.82) is 0 Å². The lowest BCUT2D eigenvalue weighted by molar-refractivity contribution is -0.131. The molecule has 0 spiro atoms. The molecule has 0 fully saturated rings. The van der Waals surface area contributed by atoms with Gasteiger partial charge in [0.2, 0.25) is 0 Å². The molecule has 0 aromatic heterocycles. The van der Waals surface area contributed by atoms with E-state index in [0.717, 1.165) is 5.56 Å². The fraction of sp³-hybridized carbons (Fsp3) is 0.333. The van der Waals surface area contributed by atoms with Crippen LogP contribution in [0, 0.1) is 0 Å². The largest absolute Gasteiger partial charge is 0.496 e. The van der Waals surface area contributed by atoms with Crippen LogP contribution in [0.25, 0.3) is 0 Å². The van der Waals surface area contributed by atoms with E-state index in [1.165, 1.54) is 7.11 Å². The second-order valence-electron chi connectivity index (χ2n) is 3.87. The molecule has 92 valence electrons. The molecule has 4 nitrogen and oxygen atoms in total. The third kappa shape index (κ3) is 2.85. The van der Waals surface area contributed by atoms with E-state index in [2.05, 4.69) is 15.9 Å². The van der Waals surface area contributed by atoms with Gasteiger partial charge in [-0.15, -0.1) is 0 Å². The average Bonchev–Trinajstić information content (AvgIpc) is 2.27. The maximum Gasteiger partial charge on any atom is 0.377 e. The van der Waals surface area contributed by atoms with Crippen LogP contribution in [0.2, 0.25) is 0 Å². The first kappa shape index (κ1) is 13.7. The number of carboxylic acids is 1. The first-order valence-corrected chi connectivity index (χ1v) is 5.82. The summed E-state index contributed by atoms with van der Waals surface area (Å²) in [5.74, 6) is -1.79. The number of carbonyl (C=O) groups excluding carboxylic acids is 1. The predicted octanol–water partition coefficient (Wildman–Crippen LogP) is 2.85. The number of benzene rings is 1. The van der Waals surface area contributed by atoms with Crippen LogP contribution in [0.1, 0.15) is 35.7 Å². The van der Waals surface area contributed by atoms with Gasteiger partial charge in [-0.1, -0.05) is 13.8 Å². The highest BCUT2D eigenvalue weighted by Gasteiger charge is 2.21. The van der Waals surface area contributed by atoms with E-state index in [0.29, 0.717) is 10.2 Å². The zero-order valence-corrected chi connectivity index (χ0v) is 11.4. The highest BCUT2D eigenvalue weighted by Crippen LogP contribution is 2.33. The summed E-state index contributed by atoms with van der Waals surface area (Å²) in [6.45, 7) is 3.91. The Balaban J connectivity index is 3.42. The second kappa shape index (κ2) is 5.31. The molecule has 0 saturated heterocycles. The lowest BCUT2D eigenvalue weighted by atomic mass is 9.98. The van der Waals surface area contributed by atoms with Gasteiger partial charge in [0.15, 0.2) is 0 Å². The first-order valence-electron chi connectivity index (χ1n) is 5.03. The summed E-state index contributed by atoms with van der Waals surface area (Å²) in [4.78, 5) is 22.2. The Bertz CT molecular complexity index is 466. The van der Waals surface area contributed by atoms with Crippen LogP contribution in [0.15, 0.2) is 16.6 Å². The Labute approximate surface area is 108 Å². The van der Waals surface area contributed by atoms with E-state index in [4.69, 9.17) is 9.84 Å². The summed E-state index contributed by atoms with van der Waals surface area (Å²) in [6, 6.07) is 3.36. The number of Topliss-reactive ketones (excluding diaryl/α,β-unsaturated/α-hetero) is 1. The van der Waals surface area contributed by atoms with Gasteiger partial charge in [-0.25, -0.2) is 4.79 Å². The van der Waals surface area contributed by atoms with Gasteiger partial charge in [-0.3, -0.25) is 4.79 Å². The maximum absolute atomic E-state index is 11.5. The summed E-state index contributed by atoms with van der Waals surface area (Å²) in [6.07, 6.45) is 0. The number of hydrogen-bond acceptors (Lipinski definition) is 3. The van der Waals surface area contributed by atoms with E-state index < -0.39 is 11.8 Å². The Hall–Kier alpha value is -1.36. The monoisotopic (exact) mass is 300 g/mol. The van der Waals surface area contributed by atoms with Crippen molar-refractivity contribution in [2.75, 3.05) is 7.11 Å². The zero-order chi connectivity index (χ0) is 13.2. The SMILES string of the molecule is COc1cc(C(C)C)cc(C(=O)C(=O)O)c1Br. The minimum atomic E-state index is -1.48. The molecule has 0 aliphatic rings. The van der Waals surface area contributed by atoms with E-state index in [9.17, 15) is 9.59 Å². The van der Waals surface area contributed by atoms with Gasteiger partial charge in [0, 0.05) is 5.56 Å². The van der Waals surface area contributed by atoms with Gasteiger partial charge in [-0.05, 0) is 39.5 Å². The smallest absolute Gasteiger partial charge is 0.377 e. The summed E-state index contributed by atoms with van der Waals surface area (Å²) >= 11 is 3.18. The number of carboxylic acid groups (broad SMARTS) is 1. The van der Waals surface area contributed by atoms with Crippen LogP contribution in [0.5, 0.6) is 5.75 Å². The van der Waals surface area contributed by atoms with Gasteiger partial charge in [0.1, 0.15) is 5.75 Å². The predicted molar refractivity (Wildman–Crippen MR) is 66.7 cm³/mol. The molecule has 0 aliphatic carbocycles. The highest BCUT2D eigenvalue weighted by atomic mass is 79.9. The molecule has 0 aliphatic heterocycles. The number of halogens is 1. The molecule has 1 N–H and O–H groups in total. The molecule has 1 aromatic rings. The standard InChI is InChI=1S/C12H13BrO4/c1-6(2)7-4-8(11(14)12(15)16)10(13)9(5-7)17-3/h4-6H,1-3H3,(H,15,16). The number of aliphatic carboxylic acids is 1. The molecule has 5 heteroatoms. The normalized spacial score (nSPS) is 10.4. The fourth-order valence-electron chi connectivity index (χ4n) is 1.38. The van der Waals surface area contributed by atoms with Crippen molar-refractivity contribution in [1.82, 2.24) is 0 Å². The molecular weight excluding hydrogens is 288 g/mol. The van der Waals surface area contributed by atoms with Crippen LogP contribution in [0.3, 0.4) is 0 Å². The third-order valence-electron chi connectivity index (χ3n) is 2.39. The molecular formula is C12H13BrO4. The molecule has 0 atom stereocenters. The second-order valence-corrected chi connectivity index (χ2v) is 4.67. The van der Waals surface area contributed by atoms with Gasteiger partial charge in [0.05, 0.1) is 11.6 Å². The molecule has 0 unspecified atom stereocenters. The van der Waals surface area contributed by atoms with Crippen LogP contribution < -0.4 is 4.74 Å². The number of hydrogen-bond donors (Lipinski definition) is 1. The Kier molecular flexibility index (Phi) is 4.28. The molecule has 0 radical (unpaired) electrons. The maximum atomic E-state index is 11.5. The van der Waals surface area contributed by atoms with E-state index in [1.54, 1.807) is 12.1 Å².